The van der Waals surface area contributed by atoms with Crippen molar-refractivity contribution in [3.63, 3.8) is 0 Å². The number of amides is 1. The molecule has 3 aromatic rings. The number of hydrogen-bond acceptors (Lipinski definition) is 7. The second kappa shape index (κ2) is 10.7. The number of rotatable bonds is 7. The minimum Gasteiger partial charge on any atom is -0.493 e. The Bertz CT molecular complexity index is 1480. The molecule has 1 aliphatic heterocycles. The van der Waals surface area contributed by atoms with Crippen LogP contribution in [0.5, 0.6) is 11.5 Å². The van der Waals surface area contributed by atoms with Crippen LogP contribution in [0.15, 0.2) is 30.3 Å². The molecular formula is C30H34F3N5O3. The van der Waals surface area contributed by atoms with Gasteiger partial charge >= 0.3 is 6.09 Å². The van der Waals surface area contributed by atoms with Gasteiger partial charge in [-0.15, -0.1) is 0 Å². The SMILES string of the molecule is COc1cc2nc(C)nc(NC(C)c3cccc(C(F)F)c3F)c2cc1OC(=O)N1CCN(C2CCC2)CC12CC2. The number of nitrogens with zero attached hydrogens (tertiary/aromatic N) is 4. The fourth-order valence-electron chi connectivity index (χ4n) is 6.03. The van der Waals surface area contributed by atoms with E-state index >= 15 is 0 Å². The number of ether oxygens (including phenoxy) is 2. The molecule has 2 aromatic carbocycles. The van der Waals surface area contributed by atoms with Crippen molar-refractivity contribution in [3.05, 3.63) is 53.1 Å². The summed E-state index contributed by atoms with van der Waals surface area (Å²) in [5.41, 5.74) is -0.212. The maximum atomic E-state index is 14.9. The van der Waals surface area contributed by atoms with Crippen LogP contribution < -0.4 is 14.8 Å². The van der Waals surface area contributed by atoms with E-state index in [-0.39, 0.29) is 16.9 Å². The zero-order valence-corrected chi connectivity index (χ0v) is 23.4. The van der Waals surface area contributed by atoms with Crippen LogP contribution in [0.2, 0.25) is 0 Å². The van der Waals surface area contributed by atoms with Crippen LogP contribution in [0.3, 0.4) is 0 Å². The monoisotopic (exact) mass is 569 g/mol. The molecular weight excluding hydrogens is 535 g/mol. The van der Waals surface area contributed by atoms with Crippen molar-refractivity contribution in [3.8, 4) is 11.5 Å². The second-order valence-corrected chi connectivity index (χ2v) is 11.4. The molecule has 41 heavy (non-hydrogen) atoms. The molecule has 8 nitrogen and oxygen atoms in total. The Hall–Kier alpha value is -3.60. The van der Waals surface area contributed by atoms with Crippen LogP contribution in [-0.4, -0.2) is 64.2 Å². The van der Waals surface area contributed by atoms with Crippen molar-refractivity contribution in [1.29, 1.82) is 0 Å². The normalized spacial score (nSPS) is 19.3. The number of aryl methyl sites for hydroxylation is 1. The highest BCUT2D eigenvalue weighted by Gasteiger charge is 2.55. The molecule has 0 bridgehead atoms. The van der Waals surface area contributed by atoms with Crippen molar-refractivity contribution < 1.29 is 27.4 Å². The Morgan fingerprint density at radius 2 is 1.88 bits per heavy atom. The standard InChI is InChI=1S/C30H34F3N5O3/c1-17(20-8-5-9-21(26(20)31)27(32)33)34-28-22-14-25(24(40-3)15-23(22)35-18(2)36-28)41-29(39)38-13-12-37(19-6-4-7-19)16-30(38)10-11-30/h5,8-9,14-15,17,19,27H,4,6-7,10-13,16H2,1-3H3,(H,34,35,36). The van der Waals surface area contributed by atoms with E-state index in [1.54, 1.807) is 26.0 Å². The summed E-state index contributed by atoms with van der Waals surface area (Å²) in [7, 11) is 1.49. The Morgan fingerprint density at radius 3 is 2.54 bits per heavy atom. The van der Waals surface area contributed by atoms with E-state index in [9.17, 15) is 18.0 Å². The lowest BCUT2D eigenvalue weighted by Gasteiger charge is -2.47. The number of hydrogen-bond donors (Lipinski definition) is 1. The van der Waals surface area contributed by atoms with Crippen molar-refractivity contribution in [2.24, 2.45) is 0 Å². The number of fused-ring (bicyclic) bond motifs is 1. The van der Waals surface area contributed by atoms with Crippen LogP contribution in [-0.2, 0) is 0 Å². The lowest BCUT2D eigenvalue weighted by Crippen LogP contribution is -2.60. The van der Waals surface area contributed by atoms with E-state index in [2.05, 4.69) is 20.2 Å². The third kappa shape index (κ3) is 5.16. The molecule has 1 unspecified atom stereocenters. The average Bonchev–Trinajstić information content (AvgIpc) is 3.66. The van der Waals surface area contributed by atoms with E-state index in [1.165, 1.54) is 38.5 Å². The summed E-state index contributed by atoms with van der Waals surface area (Å²) in [6, 6.07) is 7.19. The number of piperazine rings is 1. The van der Waals surface area contributed by atoms with Crippen LogP contribution in [0.25, 0.3) is 10.9 Å². The molecule has 3 aliphatic rings. The molecule has 3 fully saturated rings. The number of halogens is 3. The van der Waals surface area contributed by atoms with Crippen molar-refractivity contribution in [2.75, 3.05) is 32.1 Å². The fraction of sp³-hybridized carbons (Fsp3) is 0.500. The molecule has 6 rings (SSSR count). The van der Waals surface area contributed by atoms with Crippen molar-refractivity contribution >= 4 is 22.8 Å². The second-order valence-electron chi connectivity index (χ2n) is 11.4. The minimum atomic E-state index is -2.93. The number of carbonyl (C=O) groups is 1. The fourth-order valence-corrected chi connectivity index (χ4v) is 6.03. The maximum absolute atomic E-state index is 14.9. The number of nitrogens with one attached hydrogen (secondary N) is 1. The maximum Gasteiger partial charge on any atom is 0.415 e. The van der Waals surface area contributed by atoms with Gasteiger partial charge in [-0.2, -0.15) is 0 Å². The van der Waals surface area contributed by atoms with Gasteiger partial charge in [-0.05, 0) is 45.6 Å². The van der Waals surface area contributed by atoms with Crippen molar-refractivity contribution in [1.82, 2.24) is 19.8 Å². The number of anilines is 1. The topological polar surface area (TPSA) is 79.8 Å². The minimum absolute atomic E-state index is 0.0863. The van der Waals surface area contributed by atoms with Gasteiger partial charge in [0.25, 0.3) is 6.43 Å². The van der Waals surface area contributed by atoms with Gasteiger partial charge in [0.2, 0.25) is 0 Å². The lowest BCUT2D eigenvalue weighted by molar-refractivity contribution is 0.0196. The van der Waals surface area contributed by atoms with E-state index in [1.807, 2.05) is 4.90 Å². The van der Waals surface area contributed by atoms with Gasteiger partial charge in [-0.1, -0.05) is 24.6 Å². The molecule has 2 saturated carbocycles. The largest absolute Gasteiger partial charge is 0.493 e. The molecule has 1 saturated heterocycles. The molecule has 1 amide bonds. The average molecular weight is 570 g/mol. The van der Waals surface area contributed by atoms with Gasteiger partial charge in [0, 0.05) is 42.7 Å². The summed E-state index contributed by atoms with van der Waals surface area (Å²) in [5.74, 6) is 0.406. The van der Waals surface area contributed by atoms with Crippen LogP contribution in [0.1, 0.15) is 68.4 Å². The molecule has 11 heteroatoms. The molecule has 218 valence electrons. The molecule has 1 atom stereocenters. The predicted molar refractivity (Wildman–Crippen MR) is 148 cm³/mol. The first-order chi connectivity index (χ1) is 19.7. The molecule has 1 spiro atoms. The van der Waals surface area contributed by atoms with Gasteiger partial charge in [0.1, 0.15) is 17.5 Å². The van der Waals surface area contributed by atoms with Gasteiger partial charge in [0.15, 0.2) is 11.5 Å². The highest BCUT2D eigenvalue weighted by Crippen LogP contribution is 2.46. The van der Waals surface area contributed by atoms with E-state index in [0.717, 1.165) is 32.0 Å². The summed E-state index contributed by atoms with van der Waals surface area (Å²) in [6.07, 6.45) is 2.31. The van der Waals surface area contributed by atoms with Crippen molar-refractivity contribution in [2.45, 2.75) is 70.0 Å². The van der Waals surface area contributed by atoms with E-state index in [0.29, 0.717) is 40.9 Å². The number of benzene rings is 2. The first kappa shape index (κ1) is 27.6. The van der Waals surface area contributed by atoms with Gasteiger partial charge in [0.05, 0.1) is 29.8 Å². The third-order valence-electron chi connectivity index (χ3n) is 8.72. The Labute approximate surface area is 236 Å². The summed E-state index contributed by atoms with van der Waals surface area (Å²) in [6.45, 7) is 5.70. The summed E-state index contributed by atoms with van der Waals surface area (Å²) >= 11 is 0. The first-order valence-corrected chi connectivity index (χ1v) is 14.1. The molecule has 2 heterocycles. The third-order valence-corrected chi connectivity index (χ3v) is 8.72. The van der Waals surface area contributed by atoms with E-state index < -0.39 is 29.9 Å². The lowest BCUT2D eigenvalue weighted by atomic mass is 9.90. The molecule has 1 N–H and O–H groups in total. The highest BCUT2D eigenvalue weighted by molar-refractivity contribution is 5.92. The summed E-state index contributed by atoms with van der Waals surface area (Å²) in [5, 5.41) is 3.67. The molecule has 0 radical (unpaired) electrons. The summed E-state index contributed by atoms with van der Waals surface area (Å²) in [4.78, 5) is 26.9. The Balaban J connectivity index is 1.27. The molecule has 2 aliphatic carbocycles. The zero-order valence-electron chi connectivity index (χ0n) is 23.4. The number of aromatic nitrogens is 2. The number of alkyl halides is 2. The van der Waals surface area contributed by atoms with Crippen LogP contribution in [0.4, 0.5) is 23.8 Å². The highest BCUT2D eigenvalue weighted by atomic mass is 19.3. The Kier molecular flexibility index (Phi) is 7.17. The first-order valence-electron chi connectivity index (χ1n) is 14.1. The smallest absolute Gasteiger partial charge is 0.415 e. The molecule has 1 aromatic heterocycles. The summed E-state index contributed by atoms with van der Waals surface area (Å²) < 4.78 is 53.0. The van der Waals surface area contributed by atoms with Gasteiger partial charge in [-0.25, -0.2) is 27.9 Å². The Morgan fingerprint density at radius 1 is 1.12 bits per heavy atom. The number of carbonyl (C=O) groups excluding carboxylic acids is 1. The predicted octanol–water partition coefficient (Wildman–Crippen LogP) is 6.40. The van der Waals surface area contributed by atoms with Crippen LogP contribution in [0, 0.1) is 12.7 Å². The zero-order chi connectivity index (χ0) is 28.9. The van der Waals surface area contributed by atoms with Gasteiger partial charge in [-0.3, -0.25) is 9.80 Å². The van der Waals surface area contributed by atoms with Gasteiger partial charge < -0.3 is 14.8 Å². The van der Waals surface area contributed by atoms with Crippen LogP contribution >= 0.6 is 0 Å². The quantitative estimate of drug-likeness (QED) is 0.353. The number of methoxy groups -OCH3 is 1. The van der Waals surface area contributed by atoms with E-state index in [4.69, 9.17) is 9.47 Å².